The van der Waals surface area contributed by atoms with Crippen molar-refractivity contribution in [2.75, 3.05) is 14.1 Å². The van der Waals surface area contributed by atoms with Crippen molar-refractivity contribution in [1.29, 1.82) is 0 Å². The van der Waals surface area contributed by atoms with Crippen LogP contribution in [0, 0.1) is 0 Å². The summed E-state index contributed by atoms with van der Waals surface area (Å²) in [5.41, 5.74) is 0. The Morgan fingerprint density at radius 3 is 2.45 bits per heavy atom. The van der Waals surface area contributed by atoms with Crippen LogP contribution < -0.4 is 0 Å². The summed E-state index contributed by atoms with van der Waals surface area (Å²) in [5.74, 6) is -0.297. The third kappa shape index (κ3) is 4.56. The molecule has 0 amide bonds. The number of nitrogens with zero attached hydrogens (tertiary/aromatic N) is 1. The molecular weight excluding hydrogens is 142 g/mol. The molecule has 1 atom stereocenters. The highest BCUT2D eigenvalue weighted by Crippen LogP contribution is 1.94. The molecule has 0 N–H and O–H groups in total. The van der Waals surface area contributed by atoms with Gasteiger partial charge >= 0.3 is 5.97 Å². The van der Waals surface area contributed by atoms with Crippen LogP contribution in [0.25, 0.3) is 0 Å². The smallest absolute Gasteiger partial charge is 0.331 e. The van der Waals surface area contributed by atoms with E-state index in [4.69, 9.17) is 4.74 Å². The van der Waals surface area contributed by atoms with Crippen LogP contribution in [0.5, 0.6) is 0 Å². The van der Waals surface area contributed by atoms with E-state index < -0.39 is 0 Å². The third-order valence-electron chi connectivity index (χ3n) is 1.32. The average molecular weight is 157 g/mol. The minimum atomic E-state index is -0.297. The largest absolute Gasteiger partial charge is 0.444 e. The SMILES string of the molecule is C/C=C/C(=O)OC(C)N(C)C. The zero-order chi connectivity index (χ0) is 8.85. The van der Waals surface area contributed by atoms with E-state index in [0.717, 1.165) is 0 Å². The van der Waals surface area contributed by atoms with Crippen LogP contribution in [0.3, 0.4) is 0 Å². The van der Waals surface area contributed by atoms with Crippen LogP contribution in [-0.4, -0.2) is 31.2 Å². The lowest BCUT2D eigenvalue weighted by Gasteiger charge is -2.18. The quantitative estimate of drug-likeness (QED) is 0.348. The van der Waals surface area contributed by atoms with Crippen molar-refractivity contribution in [3.05, 3.63) is 12.2 Å². The molecule has 0 spiro atoms. The molecular formula is C8H15NO2. The Kier molecular flexibility index (Phi) is 4.54. The molecule has 0 aromatic carbocycles. The summed E-state index contributed by atoms with van der Waals surface area (Å²) < 4.78 is 4.95. The zero-order valence-corrected chi connectivity index (χ0v) is 7.50. The predicted octanol–water partition coefficient (Wildman–Crippen LogP) is 1.01. The zero-order valence-electron chi connectivity index (χ0n) is 7.50. The molecule has 3 heteroatoms. The summed E-state index contributed by atoms with van der Waals surface area (Å²) >= 11 is 0. The summed E-state index contributed by atoms with van der Waals surface area (Å²) in [5, 5.41) is 0. The van der Waals surface area contributed by atoms with E-state index in [1.165, 1.54) is 6.08 Å². The number of hydrogen-bond donors (Lipinski definition) is 0. The van der Waals surface area contributed by atoms with E-state index in [1.54, 1.807) is 13.0 Å². The lowest BCUT2D eigenvalue weighted by molar-refractivity contribution is -0.149. The van der Waals surface area contributed by atoms with Gasteiger partial charge in [-0.1, -0.05) is 6.08 Å². The Morgan fingerprint density at radius 2 is 2.09 bits per heavy atom. The van der Waals surface area contributed by atoms with Gasteiger partial charge in [-0.2, -0.15) is 0 Å². The molecule has 0 radical (unpaired) electrons. The molecule has 0 heterocycles. The monoisotopic (exact) mass is 157 g/mol. The van der Waals surface area contributed by atoms with Gasteiger partial charge in [0.15, 0.2) is 6.23 Å². The number of rotatable bonds is 3. The predicted molar refractivity (Wildman–Crippen MR) is 44.1 cm³/mol. The van der Waals surface area contributed by atoms with Crippen molar-refractivity contribution >= 4 is 5.97 Å². The van der Waals surface area contributed by atoms with Gasteiger partial charge in [0, 0.05) is 6.08 Å². The molecule has 11 heavy (non-hydrogen) atoms. The van der Waals surface area contributed by atoms with Gasteiger partial charge in [-0.3, -0.25) is 4.90 Å². The lowest BCUT2D eigenvalue weighted by atomic mass is 10.5. The Balaban J connectivity index is 3.75. The molecule has 0 aliphatic heterocycles. The van der Waals surface area contributed by atoms with E-state index in [-0.39, 0.29) is 12.2 Å². The molecule has 3 nitrogen and oxygen atoms in total. The molecule has 0 aliphatic rings. The molecule has 64 valence electrons. The van der Waals surface area contributed by atoms with Crippen LogP contribution >= 0.6 is 0 Å². The first-order chi connectivity index (χ1) is 5.07. The number of hydrogen-bond acceptors (Lipinski definition) is 3. The Morgan fingerprint density at radius 1 is 1.55 bits per heavy atom. The van der Waals surface area contributed by atoms with E-state index in [2.05, 4.69) is 0 Å². The van der Waals surface area contributed by atoms with Gasteiger partial charge in [-0.15, -0.1) is 0 Å². The Hall–Kier alpha value is -0.830. The van der Waals surface area contributed by atoms with Gasteiger partial charge in [0.1, 0.15) is 0 Å². The highest BCUT2D eigenvalue weighted by Gasteiger charge is 2.07. The summed E-state index contributed by atoms with van der Waals surface area (Å²) in [6.45, 7) is 3.60. The molecule has 0 saturated heterocycles. The van der Waals surface area contributed by atoms with E-state index in [1.807, 2.05) is 25.9 Å². The van der Waals surface area contributed by atoms with Crippen molar-refractivity contribution < 1.29 is 9.53 Å². The van der Waals surface area contributed by atoms with Gasteiger partial charge in [0.25, 0.3) is 0 Å². The summed E-state index contributed by atoms with van der Waals surface area (Å²) in [6.07, 6.45) is 2.89. The highest BCUT2D eigenvalue weighted by molar-refractivity contribution is 5.81. The van der Waals surface area contributed by atoms with Crippen LogP contribution in [0.4, 0.5) is 0 Å². The third-order valence-corrected chi connectivity index (χ3v) is 1.32. The maximum absolute atomic E-state index is 10.8. The summed E-state index contributed by atoms with van der Waals surface area (Å²) in [4.78, 5) is 12.6. The fourth-order valence-corrected chi connectivity index (χ4v) is 0.449. The fraction of sp³-hybridized carbons (Fsp3) is 0.625. The normalized spacial score (nSPS) is 13.9. The number of ether oxygens (including phenoxy) is 1. The van der Waals surface area contributed by atoms with Crippen LogP contribution in [0.2, 0.25) is 0 Å². The maximum atomic E-state index is 10.8. The molecule has 0 rings (SSSR count). The fourth-order valence-electron chi connectivity index (χ4n) is 0.449. The van der Waals surface area contributed by atoms with E-state index >= 15 is 0 Å². The molecule has 0 aliphatic carbocycles. The van der Waals surface area contributed by atoms with Gasteiger partial charge < -0.3 is 4.74 Å². The van der Waals surface area contributed by atoms with Crippen molar-refractivity contribution in [3.8, 4) is 0 Å². The van der Waals surface area contributed by atoms with Crippen molar-refractivity contribution in [3.63, 3.8) is 0 Å². The van der Waals surface area contributed by atoms with Crippen molar-refractivity contribution in [2.24, 2.45) is 0 Å². The first-order valence-corrected chi connectivity index (χ1v) is 3.57. The summed E-state index contributed by atoms with van der Waals surface area (Å²) in [7, 11) is 3.71. The number of carbonyl (C=O) groups excluding carboxylic acids is 1. The molecule has 0 bridgehead atoms. The standard InChI is InChI=1S/C8H15NO2/c1-5-6-8(10)11-7(2)9(3)4/h5-7H,1-4H3/b6-5+. The van der Waals surface area contributed by atoms with E-state index in [9.17, 15) is 4.79 Å². The Labute approximate surface area is 67.6 Å². The summed E-state index contributed by atoms with van der Waals surface area (Å²) in [6, 6.07) is 0. The van der Waals surface area contributed by atoms with Crippen LogP contribution in [0.1, 0.15) is 13.8 Å². The van der Waals surface area contributed by atoms with E-state index in [0.29, 0.717) is 0 Å². The minimum Gasteiger partial charge on any atom is -0.444 e. The molecule has 0 aromatic rings. The Bertz CT molecular complexity index is 152. The molecule has 0 saturated carbocycles. The van der Waals surface area contributed by atoms with Gasteiger partial charge in [-0.25, -0.2) is 4.79 Å². The molecule has 0 fully saturated rings. The molecule has 0 aromatic heterocycles. The number of allylic oxidation sites excluding steroid dienone is 1. The maximum Gasteiger partial charge on any atom is 0.331 e. The second-order valence-electron chi connectivity index (χ2n) is 2.50. The molecule has 1 unspecified atom stereocenters. The van der Waals surface area contributed by atoms with Gasteiger partial charge in [0.05, 0.1) is 0 Å². The first-order valence-electron chi connectivity index (χ1n) is 3.57. The number of esters is 1. The van der Waals surface area contributed by atoms with Gasteiger partial charge in [-0.05, 0) is 27.9 Å². The first kappa shape index (κ1) is 10.2. The number of carbonyl (C=O) groups is 1. The average Bonchev–Trinajstić information content (AvgIpc) is 1.87. The van der Waals surface area contributed by atoms with Crippen molar-refractivity contribution in [2.45, 2.75) is 20.1 Å². The van der Waals surface area contributed by atoms with Crippen LogP contribution in [0.15, 0.2) is 12.2 Å². The second-order valence-corrected chi connectivity index (χ2v) is 2.50. The van der Waals surface area contributed by atoms with Crippen LogP contribution in [-0.2, 0) is 9.53 Å². The van der Waals surface area contributed by atoms with Gasteiger partial charge in [0.2, 0.25) is 0 Å². The minimum absolute atomic E-state index is 0.168. The topological polar surface area (TPSA) is 29.5 Å². The lowest BCUT2D eigenvalue weighted by Crippen LogP contribution is -2.29. The second kappa shape index (κ2) is 4.91. The highest BCUT2D eigenvalue weighted by atomic mass is 16.6. The van der Waals surface area contributed by atoms with Crippen molar-refractivity contribution in [1.82, 2.24) is 4.90 Å².